The standard InChI is InChI=1S/CH3Cl4P/c1-6(2,3,4)5/h1H3. The van der Waals surface area contributed by atoms with Crippen molar-refractivity contribution < 1.29 is 0 Å². The summed E-state index contributed by atoms with van der Waals surface area (Å²) >= 11 is 20.8. The van der Waals surface area contributed by atoms with Crippen molar-refractivity contribution in [1.82, 2.24) is 0 Å². The van der Waals surface area contributed by atoms with Gasteiger partial charge in [0.05, 0.1) is 0 Å². The molecular formula is CH3Cl4P. The molecule has 0 saturated heterocycles. The van der Waals surface area contributed by atoms with E-state index in [1.54, 1.807) is 0 Å². The Balaban J connectivity index is 3.73. The first-order valence-electron chi connectivity index (χ1n) is 1.12. The molecule has 0 N–H and O–H groups in total. The number of hydrogen-bond acceptors (Lipinski definition) is 0. The van der Waals surface area contributed by atoms with Crippen LogP contribution in [0.25, 0.3) is 0 Å². The Morgan fingerprint density at radius 3 is 1.00 bits per heavy atom. The molecule has 40 valence electrons. The Bertz CT molecular complexity index is 40.7. The van der Waals surface area contributed by atoms with Crippen molar-refractivity contribution in [2.45, 2.75) is 0 Å². The van der Waals surface area contributed by atoms with Gasteiger partial charge in [0.25, 0.3) is 0 Å². The normalized spacial score (nSPS) is 19.2. The van der Waals surface area contributed by atoms with E-state index in [-0.39, 0.29) is 0 Å². The van der Waals surface area contributed by atoms with E-state index in [4.69, 9.17) is 45.0 Å². The molecule has 0 rings (SSSR count). The maximum atomic E-state index is 5.21. The van der Waals surface area contributed by atoms with Crippen LogP contribution in [0.4, 0.5) is 0 Å². The third-order valence-electron chi connectivity index (χ3n) is 0. The molecule has 0 aromatic rings. The zero-order chi connectivity index (χ0) is 5.45. The molecule has 0 radical (unpaired) electrons. The Morgan fingerprint density at radius 2 is 1.00 bits per heavy atom. The molecule has 0 unspecified atom stereocenters. The molecule has 5 heteroatoms. The SMILES string of the molecule is CP(Cl)(Cl)(Cl)Cl. The molecule has 0 nitrogen and oxygen atoms in total. The second-order valence-corrected chi connectivity index (χ2v) is 16.4. The summed E-state index contributed by atoms with van der Waals surface area (Å²) in [6.45, 7) is 1.40. The van der Waals surface area contributed by atoms with Crippen molar-refractivity contribution in [1.29, 1.82) is 0 Å². The molecule has 0 saturated carbocycles. The van der Waals surface area contributed by atoms with E-state index >= 15 is 0 Å². The van der Waals surface area contributed by atoms with Crippen molar-refractivity contribution in [2.75, 3.05) is 6.66 Å². The summed E-state index contributed by atoms with van der Waals surface area (Å²) in [5, 5.41) is 0. The fraction of sp³-hybridized carbons (Fsp3) is 1.00. The Hall–Kier alpha value is 1.59. The molecule has 0 aromatic heterocycles. The summed E-state index contributed by atoms with van der Waals surface area (Å²) in [4.78, 5) is 0. The van der Waals surface area contributed by atoms with Crippen LogP contribution in [0.5, 0.6) is 0 Å². The van der Waals surface area contributed by atoms with Gasteiger partial charge in [0.1, 0.15) is 0 Å². The summed E-state index contributed by atoms with van der Waals surface area (Å²) < 4.78 is -3.16. The van der Waals surface area contributed by atoms with Crippen molar-refractivity contribution in [3.63, 3.8) is 0 Å². The van der Waals surface area contributed by atoms with E-state index in [2.05, 4.69) is 0 Å². The fourth-order valence-electron chi connectivity index (χ4n) is 0. The summed E-state index contributed by atoms with van der Waals surface area (Å²) in [7, 11) is 0. The van der Waals surface area contributed by atoms with Crippen molar-refractivity contribution in [3.05, 3.63) is 0 Å². The Kier molecular flexibility index (Phi) is 1.94. The average molecular weight is 188 g/mol. The van der Waals surface area contributed by atoms with E-state index in [0.717, 1.165) is 0 Å². The van der Waals surface area contributed by atoms with Crippen LogP contribution in [-0.2, 0) is 0 Å². The topological polar surface area (TPSA) is 0 Å². The van der Waals surface area contributed by atoms with Crippen LogP contribution < -0.4 is 0 Å². The Labute approximate surface area is 55.8 Å². The van der Waals surface area contributed by atoms with Gasteiger partial charge in [0.15, 0.2) is 0 Å². The molecule has 0 amide bonds. The molecule has 0 aliphatic rings. The second kappa shape index (κ2) is 1.53. The number of halogens is 4. The maximum absolute atomic E-state index is 5.21. The molecule has 0 fully saturated rings. The van der Waals surface area contributed by atoms with Gasteiger partial charge >= 0.3 is 55.6 Å². The zero-order valence-corrected chi connectivity index (χ0v) is 6.88. The molecule has 0 aliphatic carbocycles. The van der Waals surface area contributed by atoms with Crippen LogP contribution in [0.1, 0.15) is 0 Å². The number of hydrogen-bond donors (Lipinski definition) is 0. The predicted molar refractivity (Wildman–Crippen MR) is 36.3 cm³/mol. The first kappa shape index (κ1) is 7.59. The third-order valence-corrected chi connectivity index (χ3v) is 0. The first-order valence-corrected chi connectivity index (χ1v) is 7.43. The van der Waals surface area contributed by atoms with Crippen LogP contribution in [0.2, 0.25) is 0 Å². The molecule has 0 aromatic carbocycles. The Morgan fingerprint density at radius 1 is 1.00 bits per heavy atom. The van der Waals surface area contributed by atoms with E-state index in [1.807, 2.05) is 0 Å². The van der Waals surface area contributed by atoms with Gasteiger partial charge in [-0.3, -0.25) is 0 Å². The van der Waals surface area contributed by atoms with E-state index in [0.29, 0.717) is 0 Å². The fourth-order valence-corrected chi connectivity index (χ4v) is 0. The van der Waals surface area contributed by atoms with Crippen molar-refractivity contribution in [3.8, 4) is 0 Å². The van der Waals surface area contributed by atoms with Gasteiger partial charge in [-0.1, -0.05) is 0 Å². The van der Waals surface area contributed by atoms with Gasteiger partial charge in [-0.15, -0.1) is 0 Å². The quantitative estimate of drug-likeness (QED) is 0.507. The van der Waals surface area contributed by atoms with Crippen molar-refractivity contribution >= 4 is 49.0 Å². The minimum atomic E-state index is -3.16. The van der Waals surface area contributed by atoms with Crippen LogP contribution in [0.15, 0.2) is 0 Å². The molecule has 0 heterocycles. The summed E-state index contributed by atoms with van der Waals surface area (Å²) in [6.07, 6.45) is 0. The molecular weight excluding hydrogens is 185 g/mol. The van der Waals surface area contributed by atoms with Crippen LogP contribution >= 0.6 is 49.0 Å². The number of rotatable bonds is 0. The summed E-state index contributed by atoms with van der Waals surface area (Å²) in [5.41, 5.74) is 0. The van der Waals surface area contributed by atoms with Gasteiger partial charge < -0.3 is 0 Å². The predicted octanol–water partition coefficient (Wildman–Crippen LogP) is 3.78. The van der Waals surface area contributed by atoms with Crippen LogP contribution in [-0.4, -0.2) is 6.66 Å². The molecule has 0 spiro atoms. The second-order valence-electron chi connectivity index (χ2n) is 1.06. The van der Waals surface area contributed by atoms with E-state index in [1.165, 1.54) is 6.66 Å². The minimum absolute atomic E-state index is 1.40. The van der Waals surface area contributed by atoms with Gasteiger partial charge in [-0.25, -0.2) is 0 Å². The molecule has 6 heavy (non-hydrogen) atoms. The van der Waals surface area contributed by atoms with Gasteiger partial charge in [0, 0.05) is 0 Å². The monoisotopic (exact) mass is 186 g/mol. The third kappa shape index (κ3) is 46.6. The average Bonchev–Trinajstić information content (AvgIpc) is 0.650. The van der Waals surface area contributed by atoms with E-state index in [9.17, 15) is 0 Å². The van der Waals surface area contributed by atoms with Crippen LogP contribution in [0, 0.1) is 0 Å². The molecule has 0 atom stereocenters. The molecule has 0 aliphatic heterocycles. The summed E-state index contributed by atoms with van der Waals surface area (Å²) in [5.74, 6) is 0. The van der Waals surface area contributed by atoms with Crippen LogP contribution in [0.3, 0.4) is 0 Å². The van der Waals surface area contributed by atoms with Gasteiger partial charge in [-0.05, 0) is 0 Å². The first-order chi connectivity index (χ1) is 2.24. The van der Waals surface area contributed by atoms with E-state index < -0.39 is 4.01 Å². The summed E-state index contributed by atoms with van der Waals surface area (Å²) in [6, 6.07) is 0. The van der Waals surface area contributed by atoms with Gasteiger partial charge in [0.2, 0.25) is 0 Å². The van der Waals surface area contributed by atoms with Crippen molar-refractivity contribution in [2.24, 2.45) is 0 Å². The molecule has 0 bridgehead atoms. The zero-order valence-electron chi connectivity index (χ0n) is 2.96. The van der Waals surface area contributed by atoms with Gasteiger partial charge in [-0.2, -0.15) is 0 Å².